The number of benzene rings is 1. The van der Waals surface area contributed by atoms with Crippen LogP contribution in [0.3, 0.4) is 0 Å². The standard InChI is InChI=1S/C19H29N3O3S/c1-15(2)19-21(18(23)14-20-10-4-5-11-20)12-13-22(19)26(24,25)17-8-6-16(3)7-9-17/h6-9,15,19H,4-5,10-14H2,1-3H3/t19-/m0/s1. The highest BCUT2D eigenvalue weighted by Gasteiger charge is 2.43. The molecule has 2 saturated heterocycles. The summed E-state index contributed by atoms with van der Waals surface area (Å²) in [6.07, 6.45) is 1.85. The van der Waals surface area contributed by atoms with Crippen LogP contribution in [-0.4, -0.2) is 67.3 Å². The number of nitrogens with zero attached hydrogens (tertiary/aromatic N) is 3. The van der Waals surface area contributed by atoms with Crippen LogP contribution in [0.4, 0.5) is 0 Å². The number of likely N-dealkylation sites (tertiary alicyclic amines) is 1. The van der Waals surface area contributed by atoms with Gasteiger partial charge < -0.3 is 4.90 Å². The van der Waals surface area contributed by atoms with Gasteiger partial charge in [0.1, 0.15) is 6.17 Å². The predicted molar refractivity (Wildman–Crippen MR) is 101 cm³/mol. The van der Waals surface area contributed by atoms with E-state index in [1.165, 1.54) is 4.31 Å². The minimum Gasteiger partial charge on any atom is -0.323 e. The lowest BCUT2D eigenvalue weighted by atomic mass is 10.1. The summed E-state index contributed by atoms with van der Waals surface area (Å²) in [5.74, 6) is 0.0625. The number of sulfonamides is 1. The Morgan fingerprint density at radius 3 is 2.27 bits per heavy atom. The first kappa shape index (κ1) is 19.3. The van der Waals surface area contributed by atoms with E-state index < -0.39 is 16.2 Å². The molecule has 0 aliphatic carbocycles. The molecule has 0 radical (unpaired) electrons. The van der Waals surface area contributed by atoms with Gasteiger partial charge in [-0.3, -0.25) is 9.69 Å². The van der Waals surface area contributed by atoms with E-state index in [1.54, 1.807) is 17.0 Å². The molecule has 7 heteroatoms. The van der Waals surface area contributed by atoms with Crippen LogP contribution in [0.1, 0.15) is 32.3 Å². The number of hydrogen-bond acceptors (Lipinski definition) is 4. The Labute approximate surface area is 156 Å². The van der Waals surface area contributed by atoms with Crippen molar-refractivity contribution in [1.82, 2.24) is 14.1 Å². The molecule has 0 saturated carbocycles. The maximum absolute atomic E-state index is 13.2. The van der Waals surface area contributed by atoms with Crippen LogP contribution in [0.2, 0.25) is 0 Å². The second-order valence-electron chi connectivity index (χ2n) is 7.66. The molecule has 6 nitrogen and oxygen atoms in total. The average molecular weight is 380 g/mol. The molecule has 1 aromatic carbocycles. The number of hydrogen-bond donors (Lipinski definition) is 0. The third-order valence-corrected chi connectivity index (χ3v) is 7.16. The smallest absolute Gasteiger partial charge is 0.244 e. The van der Waals surface area contributed by atoms with Crippen molar-refractivity contribution in [1.29, 1.82) is 0 Å². The lowest BCUT2D eigenvalue weighted by Gasteiger charge is -2.33. The Kier molecular flexibility index (Phi) is 5.69. The first-order valence-electron chi connectivity index (χ1n) is 9.41. The highest BCUT2D eigenvalue weighted by atomic mass is 32.2. The molecule has 2 aliphatic rings. The van der Waals surface area contributed by atoms with Crippen LogP contribution < -0.4 is 0 Å². The normalized spacial score (nSPS) is 22.5. The monoisotopic (exact) mass is 379 g/mol. The molecule has 0 aromatic heterocycles. The van der Waals surface area contributed by atoms with E-state index in [0.717, 1.165) is 31.5 Å². The van der Waals surface area contributed by atoms with Crippen LogP contribution >= 0.6 is 0 Å². The fourth-order valence-electron chi connectivity index (χ4n) is 3.92. The predicted octanol–water partition coefficient (Wildman–Crippen LogP) is 1.91. The number of rotatable bonds is 5. The lowest BCUT2D eigenvalue weighted by molar-refractivity contribution is -0.134. The lowest BCUT2D eigenvalue weighted by Crippen LogP contribution is -2.49. The Balaban J connectivity index is 1.81. The van der Waals surface area contributed by atoms with Gasteiger partial charge in [0, 0.05) is 13.1 Å². The Bertz CT molecular complexity index is 740. The third kappa shape index (κ3) is 3.80. The second-order valence-corrected chi connectivity index (χ2v) is 9.55. The number of carbonyl (C=O) groups is 1. The second kappa shape index (κ2) is 7.66. The van der Waals surface area contributed by atoms with Crippen molar-refractivity contribution in [2.24, 2.45) is 5.92 Å². The first-order chi connectivity index (χ1) is 12.3. The minimum atomic E-state index is -3.62. The molecule has 2 aliphatic heterocycles. The van der Waals surface area contributed by atoms with Gasteiger partial charge in [-0.2, -0.15) is 4.31 Å². The summed E-state index contributed by atoms with van der Waals surface area (Å²) in [5.41, 5.74) is 1.02. The largest absolute Gasteiger partial charge is 0.323 e. The van der Waals surface area contributed by atoms with Gasteiger partial charge in [-0.15, -0.1) is 0 Å². The summed E-state index contributed by atoms with van der Waals surface area (Å²) >= 11 is 0. The van der Waals surface area contributed by atoms with Gasteiger partial charge in [-0.05, 0) is 50.9 Å². The fourth-order valence-corrected chi connectivity index (χ4v) is 5.64. The summed E-state index contributed by atoms with van der Waals surface area (Å²) in [6.45, 7) is 9.00. The van der Waals surface area contributed by atoms with Crippen molar-refractivity contribution in [3.63, 3.8) is 0 Å². The molecular weight excluding hydrogens is 350 g/mol. The van der Waals surface area contributed by atoms with Crippen LogP contribution in [0.25, 0.3) is 0 Å². The molecule has 3 rings (SSSR count). The highest BCUT2D eigenvalue weighted by Crippen LogP contribution is 2.29. The van der Waals surface area contributed by atoms with Gasteiger partial charge in [0.05, 0.1) is 11.4 Å². The average Bonchev–Trinajstić information content (AvgIpc) is 3.24. The van der Waals surface area contributed by atoms with E-state index in [9.17, 15) is 13.2 Å². The molecule has 2 heterocycles. The molecule has 26 heavy (non-hydrogen) atoms. The molecule has 1 aromatic rings. The van der Waals surface area contributed by atoms with E-state index in [4.69, 9.17) is 0 Å². The van der Waals surface area contributed by atoms with Crippen molar-refractivity contribution >= 4 is 15.9 Å². The molecule has 144 valence electrons. The van der Waals surface area contributed by atoms with Gasteiger partial charge in [-0.25, -0.2) is 8.42 Å². The van der Waals surface area contributed by atoms with E-state index in [2.05, 4.69) is 4.90 Å². The van der Waals surface area contributed by atoms with Crippen molar-refractivity contribution in [3.8, 4) is 0 Å². The van der Waals surface area contributed by atoms with Crippen LogP contribution in [0.5, 0.6) is 0 Å². The van der Waals surface area contributed by atoms with Gasteiger partial charge in [0.2, 0.25) is 15.9 Å². The zero-order chi connectivity index (χ0) is 18.9. The van der Waals surface area contributed by atoms with Crippen molar-refractivity contribution in [3.05, 3.63) is 29.8 Å². The maximum Gasteiger partial charge on any atom is 0.244 e. The topological polar surface area (TPSA) is 60.9 Å². The van der Waals surface area contributed by atoms with Gasteiger partial charge in [0.25, 0.3) is 0 Å². The zero-order valence-electron chi connectivity index (χ0n) is 15.9. The molecule has 0 bridgehead atoms. The first-order valence-corrected chi connectivity index (χ1v) is 10.8. The third-order valence-electron chi connectivity index (χ3n) is 5.28. The van der Waals surface area contributed by atoms with Crippen LogP contribution in [0, 0.1) is 12.8 Å². The summed E-state index contributed by atoms with van der Waals surface area (Å²) < 4.78 is 27.8. The maximum atomic E-state index is 13.2. The van der Waals surface area contributed by atoms with E-state index >= 15 is 0 Å². The van der Waals surface area contributed by atoms with E-state index in [0.29, 0.717) is 24.5 Å². The van der Waals surface area contributed by atoms with Crippen LogP contribution in [-0.2, 0) is 14.8 Å². The van der Waals surface area contributed by atoms with Gasteiger partial charge in [-0.1, -0.05) is 31.5 Å². The van der Waals surface area contributed by atoms with Gasteiger partial charge >= 0.3 is 0 Å². The van der Waals surface area contributed by atoms with Gasteiger partial charge in [0.15, 0.2) is 0 Å². The molecule has 0 unspecified atom stereocenters. The Hall–Kier alpha value is -1.44. The number of aryl methyl sites for hydroxylation is 1. The van der Waals surface area contributed by atoms with Crippen molar-refractivity contribution in [2.45, 2.75) is 44.7 Å². The number of amides is 1. The summed E-state index contributed by atoms with van der Waals surface area (Å²) in [6, 6.07) is 6.92. The molecule has 0 N–H and O–H groups in total. The molecule has 0 spiro atoms. The van der Waals surface area contributed by atoms with E-state index in [1.807, 2.05) is 32.9 Å². The Morgan fingerprint density at radius 1 is 1.08 bits per heavy atom. The summed E-state index contributed by atoms with van der Waals surface area (Å²) in [7, 11) is -3.62. The molecular formula is C19H29N3O3S. The zero-order valence-corrected chi connectivity index (χ0v) is 16.7. The highest BCUT2D eigenvalue weighted by molar-refractivity contribution is 7.89. The van der Waals surface area contributed by atoms with E-state index in [-0.39, 0.29) is 11.8 Å². The fraction of sp³-hybridized carbons (Fsp3) is 0.632. The molecule has 2 fully saturated rings. The van der Waals surface area contributed by atoms with Crippen molar-refractivity contribution < 1.29 is 13.2 Å². The minimum absolute atomic E-state index is 0.0280. The quantitative estimate of drug-likeness (QED) is 0.784. The van der Waals surface area contributed by atoms with Crippen molar-refractivity contribution in [2.75, 3.05) is 32.7 Å². The molecule has 1 amide bonds. The summed E-state index contributed by atoms with van der Waals surface area (Å²) in [5, 5.41) is 0. The Morgan fingerprint density at radius 2 is 1.69 bits per heavy atom. The number of carbonyl (C=O) groups excluding carboxylic acids is 1. The SMILES string of the molecule is Cc1ccc(S(=O)(=O)N2CCN(C(=O)CN3CCCC3)[C@@H]2C(C)C)cc1. The molecule has 1 atom stereocenters. The van der Waals surface area contributed by atoms with Crippen LogP contribution in [0.15, 0.2) is 29.2 Å². The summed E-state index contributed by atoms with van der Waals surface area (Å²) in [4.78, 5) is 17.0.